The summed E-state index contributed by atoms with van der Waals surface area (Å²) in [5.74, 6) is 0.146. The molecule has 1 atom stereocenters. The van der Waals surface area contributed by atoms with E-state index >= 15 is 0 Å². The lowest BCUT2D eigenvalue weighted by Gasteiger charge is -2.33. The summed E-state index contributed by atoms with van der Waals surface area (Å²) in [5, 5.41) is 6.12. The van der Waals surface area contributed by atoms with E-state index in [1.165, 1.54) is 19.8 Å². The molecular formula is C12H21N3O2. The van der Waals surface area contributed by atoms with Gasteiger partial charge in [0.25, 0.3) is 0 Å². The second-order valence-electron chi connectivity index (χ2n) is 5.03. The summed E-state index contributed by atoms with van der Waals surface area (Å²) >= 11 is 0. The van der Waals surface area contributed by atoms with Gasteiger partial charge in [0.1, 0.15) is 0 Å². The van der Waals surface area contributed by atoms with Crippen molar-refractivity contribution < 1.29 is 9.59 Å². The van der Waals surface area contributed by atoms with E-state index in [0.29, 0.717) is 19.1 Å². The summed E-state index contributed by atoms with van der Waals surface area (Å²) < 4.78 is 0. The standard InChI is InChI=1S/C12H21N3O2/c1-9(16)14-11-3-2-6-15(8-11)12(17)7-13-10-4-5-10/h10-11,13H,2-8H2,1H3,(H,14,16)/t11-/m1/s1. The third kappa shape index (κ3) is 4.00. The average Bonchev–Trinajstić information content (AvgIpc) is 3.09. The highest BCUT2D eigenvalue weighted by Crippen LogP contribution is 2.18. The van der Waals surface area contributed by atoms with Crippen LogP contribution in [0.4, 0.5) is 0 Å². The monoisotopic (exact) mass is 239 g/mol. The first-order valence-corrected chi connectivity index (χ1v) is 6.43. The summed E-state index contributed by atoms with van der Waals surface area (Å²) in [5.41, 5.74) is 0. The number of carbonyl (C=O) groups is 2. The van der Waals surface area contributed by atoms with Crippen LogP contribution in [0.1, 0.15) is 32.6 Å². The zero-order valence-electron chi connectivity index (χ0n) is 10.4. The first kappa shape index (κ1) is 12.4. The molecule has 0 spiro atoms. The number of piperidine rings is 1. The number of likely N-dealkylation sites (tertiary alicyclic amines) is 1. The van der Waals surface area contributed by atoms with Gasteiger partial charge in [-0.2, -0.15) is 0 Å². The fraction of sp³-hybridized carbons (Fsp3) is 0.833. The Balaban J connectivity index is 1.74. The van der Waals surface area contributed by atoms with Crippen molar-refractivity contribution in [3.63, 3.8) is 0 Å². The third-order valence-corrected chi connectivity index (χ3v) is 3.30. The number of rotatable bonds is 4. The molecule has 0 radical (unpaired) electrons. The van der Waals surface area contributed by atoms with Crippen molar-refractivity contribution in [1.29, 1.82) is 0 Å². The van der Waals surface area contributed by atoms with Crippen molar-refractivity contribution in [3.05, 3.63) is 0 Å². The maximum absolute atomic E-state index is 11.9. The fourth-order valence-electron chi connectivity index (χ4n) is 2.24. The molecule has 2 rings (SSSR count). The first-order valence-electron chi connectivity index (χ1n) is 6.43. The van der Waals surface area contributed by atoms with Crippen LogP contribution < -0.4 is 10.6 Å². The second-order valence-corrected chi connectivity index (χ2v) is 5.03. The molecule has 2 N–H and O–H groups in total. The highest BCUT2D eigenvalue weighted by molar-refractivity contribution is 5.78. The Labute approximate surface area is 102 Å². The van der Waals surface area contributed by atoms with Gasteiger partial charge in [0, 0.05) is 32.1 Å². The van der Waals surface area contributed by atoms with Crippen molar-refractivity contribution in [2.75, 3.05) is 19.6 Å². The molecule has 5 heteroatoms. The van der Waals surface area contributed by atoms with E-state index in [1.807, 2.05) is 4.90 Å². The molecule has 2 fully saturated rings. The SMILES string of the molecule is CC(=O)N[C@@H]1CCCN(C(=O)CNC2CC2)C1. The van der Waals surface area contributed by atoms with Crippen LogP contribution in [-0.4, -0.2) is 48.4 Å². The lowest BCUT2D eigenvalue weighted by molar-refractivity contribution is -0.132. The fourth-order valence-corrected chi connectivity index (χ4v) is 2.24. The molecule has 5 nitrogen and oxygen atoms in total. The van der Waals surface area contributed by atoms with E-state index in [0.717, 1.165) is 19.4 Å². The predicted octanol–water partition coefficient (Wildman–Crippen LogP) is -0.134. The minimum atomic E-state index is -0.0135. The summed E-state index contributed by atoms with van der Waals surface area (Å²) in [4.78, 5) is 24.8. The van der Waals surface area contributed by atoms with Gasteiger partial charge in [-0.25, -0.2) is 0 Å². The molecule has 1 aliphatic heterocycles. The van der Waals surface area contributed by atoms with Gasteiger partial charge in [-0.05, 0) is 25.7 Å². The van der Waals surface area contributed by atoms with E-state index in [1.54, 1.807) is 0 Å². The minimum Gasteiger partial charge on any atom is -0.352 e. The number of amides is 2. The first-order chi connectivity index (χ1) is 8.15. The Morgan fingerprint density at radius 1 is 1.24 bits per heavy atom. The molecule has 0 aromatic carbocycles. The minimum absolute atomic E-state index is 0.0135. The molecule has 17 heavy (non-hydrogen) atoms. The zero-order chi connectivity index (χ0) is 12.3. The highest BCUT2D eigenvalue weighted by Gasteiger charge is 2.26. The predicted molar refractivity (Wildman–Crippen MR) is 64.4 cm³/mol. The van der Waals surface area contributed by atoms with Crippen molar-refractivity contribution in [2.45, 2.75) is 44.7 Å². The topological polar surface area (TPSA) is 61.4 Å². The second kappa shape index (κ2) is 5.49. The molecule has 2 amide bonds. The molecular weight excluding hydrogens is 218 g/mol. The number of nitrogens with zero attached hydrogens (tertiary/aromatic N) is 1. The molecule has 0 bridgehead atoms. The molecule has 1 heterocycles. The van der Waals surface area contributed by atoms with E-state index in [2.05, 4.69) is 10.6 Å². The van der Waals surface area contributed by atoms with Crippen molar-refractivity contribution in [3.8, 4) is 0 Å². The van der Waals surface area contributed by atoms with Gasteiger partial charge >= 0.3 is 0 Å². The number of nitrogens with one attached hydrogen (secondary N) is 2. The quantitative estimate of drug-likeness (QED) is 0.718. The zero-order valence-corrected chi connectivity index (χ0v) is 10.4. The number of hydrogen-bond donors (Lipinski definition) is 2. The van der Waals surface area contributed by atoms with Crippen LogP contribution in [0.25, 0.3) is 0 Å². The van der Waals surface area contributed by atoms with E-state index in [9.17, 15) is 9.59 Å². The maximum Gasteiger partial charge on any atom is 0.236 e. The molecule has 0 unspecified atom stereocenters. The molecule has 96 valence electrons. The Bertz CT molecular complexity index is 302. The Morgan fingerprint density at radius 3 is 2.65 bits per heavy atom. The van der Waals surface area contributed by atoms with Crippen molar-refractivity contribution in [1.82, 2.24) is 15.5 Å². The van der Waals surface area contributed by atoms with Crippen LogP contribution in [0.15, 0.2) is 0 Å². The maximum atomic E-state index is 11.9. The van der Waals surface area contributed by atoms with Gasteiger partial charge in [-0.15, -0.1) is 0 Å². The van der Waals surface area contributed by atoms with Gasteiger partial charge in [-0.1, -0.05) is 0 Å². The molecule has 1 aliphatic carbocycles. The number of carbonyl (C=O) groups excluding carboxylic acids is 2. The molecule has 1 saturated heterocycles. The van der Waals surface area contributed by atoms with Crippen LogP contribution in [-0.2, 0) is 9.59 Å². The average molecular weight is 239 g/mol. The number of hydrogen-bond acceptors (Lipinski definition) is 3. The van der Waals surface area contributed by atoms with Gasteiger partial charge in [-0.3, -0.25) is 9.59 Å². The van der Waals surface area contributed by atoms with Crippen LogP contribution in [0, 0.1) is 0 Å². The van der Waals surface area contributed by atoms with Gasteiger partial charge in [0.2, 0.25) is 11.8 Å². The van der Waals surface area contributed by atoms with Crippen molar-refractivity contribution >= 4 is 11.8 Å². The van der Waals surface area contributed by atoms with Gasteiger partial charge in [0.05, 0.1) is 6.54 Å². The summed E-state index contributed by atoms with van der Waals surface area (Å²) in [6, 6.07) is 0.695. The Hall–Kier alpha value is -1.10. The van der Waals surface area contributed by atoms with Crippen LogP contribution in [0.3, 0.4) is 0 Å². The normalized spacial score (nSPS) is 24.5. The smallest absolute Gasteiger partial charge is 0.236 e. The van der Waals surface area contributed by atoms with Gasteiger partial charge in [0.15, 0.2) is 0 Å². The molecule has 0 aromatic heterocycles. The van der Waals surface area contributed by atoms with Crippen LogP contribution in [0.5, 0.6) is 0 Å². The van der Waals surface area contributed by atoms with E-state index < -0.39 is 0 Å². The lowest BCUT2D eigenvalue weighted by atomic mass is 10.1. The summed E-state index contributed by atoms with van der Waals surface area (Å²) in [6.07, 6.45) is 4.34. The Kier molecular flexibility index (Phi) is 3.99. The van der Waals surface area contributed by atoms with Crippen LogP contribution >= 0.6 is 0 Å². The highest BCUT2D eigenvalue weighted by atomic mass is 16.2. The van der Waals surface area contributed by atoms with E-state index in [4.69, 9.17) is 0 Å². The lowest BCUT2D eigenvalue weighted by Crippen LogP contribution is -2.51. The summed E-state index contributed by atoms with van der Waals surface area (Å²) in [6.45, 7) is 3.44. The van der Waals surface area contributed by atoms with Crippen LogP contribution in [0.2, 0.25) is 0 Å². The molecule has 2 aliphatic rings. The largest absolute Gasteiger partial charge is 0.352 e. The van der Waals surface area contributed by atoms with E-state index in [-0.39, 0.29) is 17.9 Å². The molecule has 0 aromatic rings. The Morgan fingerprint density at radius 2 is 2.00 bits per heavy atom. The van der Waals surface area contributed by atoms with Crippen molar-refractivity contribution in [2.24, 2.45) is 0 Å². The molecule has 1 saturated carbocycles. The third-order valence-electron chi connectivity index (χ3n) is 3.30. The summed E-state index contributed by atoms with van der Waals surface area (Å²) in [7, 11) is 0. The van der Waals surface area contributed by atoms with Gasteiger partial charge < -0.3 is 15.5 Å².